The topological polar surface area (TPSA) is 33.4 Å². The van der Waals surface area contributed by atoms with Gasteiger partial charge in [-0.3, -0.25) is 0 Å². The molecule has 0 saturated heterocycles. The highest BCUT2D eigenvalue weighted by Gasteiger charge is 2.02. The Bertz CT molecular complexity index is 407. The summed E-state index contributed by atoms with van der Waals surface area (Å²) in [4.78, 5) is 0. The molecule has 0 aliphatic rings. The molecule has 1 aromatic heterocycles. The lowest BCUT2D eigenvalue weighted by atomic mass is 10.1. The summed E-state index contributed by atoms with van der Waals surface area (Å²) in [6.45, 7) is 0. The maximum atomic E-state index is 9.19. The van der Waals surface area contributed by atoms with Crippen molar-refractivity contribution in [3.05, 3.63) is 41.8 Å². The fraction of sp³-hybridized carbons (Fsp3) is 0. The van der Waals surface area contributed by atoms with E-state index in [1.165, 1.54) is 0 Å². The molecule has 1 N–H and O–H groups in total. The molecule has 1 aromatic carbocycles. The fourth-order valence-electron chi connectivity index (χ4n) is 1.12. The number of halogens is 1. The van der Waals surface area contributed by atoms with E-state index in [4.69, 9.17) is 16.0 Å². The van der Waals surface area contributed by atoms with E-state index in [1.54, 1.807) is 30.7 Å². The molecule has 2 aromatic rings. The smallest absolute Gasteiger partial charge is 0.134 e. The van der Waals surface area contributed by atoms with Crippen LogP contribution in [0.15, 0.2) is 41.2 Å². The lowest BCUT2D eigenvalue weighted by Crippen LogP contribution is -1.74. The number of furan rings is 1. The highest BCUT2D eigenvalue weighted by molar-refractivity contribution is 6.32. The quantitative estimate of drug-likeness (QED) is 0.756. The summed E-state index contributed by atoms with van der Waals surface area (Å²) in [6.07, 6.45) is 3.22. The van der Waals surface area contributed by atoms with E-state index >= 15 is 0 Å². The summed E-state index contributed by atoms with van der Waals surface area (Å²) in [5.74, 6) is 0.0916. The van der Waals surface area contributed by atoms with Crippen molar-refractivity contribution in [2.75, 3.05) is 0 Å². The molecular weight excluding hydrogens is 188 g/mol. The first-order valence-corrected chi connectivity index (χ1v) is 4.16. The van der Waals surface area contributed by atoms with Crippen molar-refractivity contribution < 1.29 is 9.52 Å². The molecular formula is C10H7ClO2. The normalized spacial score (nSPS) is 10.2. The van der Waals surface area contributed by atoms with Crippen molar-refractivity contribution in [1.29, 1.82) is 0 Å². The predicted octanol–water partition coefficient (Wildman–Crippen LogP) is 3.31. The first-order chi connectivity index (χ1) is 6.27. The van der Waals surface area contributed by atoms with Crippen LogP contribution in [0.2, 0.25) is 5.02 Å². The number of phenols is 1. The monoisotopic (exact) mass is 194 g/mol. The number of phenolic OH excluding ortho intramolecular Hbond substituents is 1. The molecule has 66 valence electrons. The Morgan fingerprint density at radius 2 is 2.00 bits per heavy atom. The second-order valence-corrected chi connectivity index (χ2v) is 3.09. The third-order valence-electron chi connectivity index (χ3n) is 1.80. The van der Waals surface area contributed by atoms with Crippen LogP contribution in [0.25, 0.3) is 11.1 Å². The molecule has 0 aliphatic heterocycles. The van der Waals surface area contributed by atoms with Crippen molar-refractivity contribution in [3.8, 4) is 16.9 Å². The van der Waals surface area contributed by atoms with Gasteiger partial charge in [-0.1, -0.05) is 17.7 Å². The summed E-state index contributed by atoms with van der Waals surface area (Å²) in [6, 6.07) is 6.88. The second-order valence-electron chi connectivity index (χ2n) is 2.68. The number of hydrogen-bond acceptors (Lipinski definition) is 2. The first kappa shape index (κ1) is 8.20. The number of benzene rings is 1. The molecule has 2 rings (SSSR count). The summed E-state index contributed by atoms with van der Waals surface area (Å²) < 4.78 is 4.93. The Hall–Kier alpha value is -1.41. The average Bonchev–Trinajstić information content (AvgIpc) is 2.62. The lowest BCUT2D eigenvalue weighted by molar-refractivity contribution is 0.475. The molecule has 0 aliphatic carbocycles. The lowest BCUT2D eigenvalue weighted by Gasteiger charge is -1.99. The largest absolute Gasteiger partial charge is 0.506 e. The Morgan fingerprint density at radius 3 is 2.62 bits per heavy atom. The van der Waals surface area contributed by atoms with E-state index in [0.717, 1.165) is 11.1 Å². The number of hydrogen-bond donors (Lipinski definition) is 1. The summed E-state index contributed by atoms with van der Waals surface area (Å²) in [5.41, 5.74) is 1.87. The maximum Gasteiger partial charge on any atom is 0.134 e. The van der Waals surface area contributed by atoms with E-state index in [0.29, 0.717) is 5.02 Å². The molecule has 0 fully saturated rings. The molecule has 1 heterocycles. The number of aromatic hydroxyl groups is 1. The zero-order valence-corrected chi connectivity index (χ0v) is 7.45. The predicted molar refractivity (Wildman–Crippen MR) is 50.8 cm³/mol. The second kappa shape index (κ2) is 3.15. The van der Waals surface area contributed by atoms with E-state index in [9.17, 15) is 5.11 Å². The van der Waals surface area contributed by atoms with Crippen molar-refractivity contribution in [1.82, 2.24) is 0 Å². The van der Waals surface area contributed by atoms with E-state index in [-0.39, 0.29) is 5.75 Å². The molecule has 0 spiro atoms. The third-order valence-corrected chi connectivity index (χ3v) is 2.10. The summed E-state index contributed by atoms with van der Waals surface area (Å²) in [5, 5.41) is 9.53. The van der Waals surface area contributed by atoms with Crippen LogP contribution in [0.3, 0.4) is 0 Å². The minimum absolute atomic E-state index is 0.0916. The van der Waals surface area contributed by atoms with Crippen molar-refractivity contribution in [3.63, 3.8) is 0 Å². The highest BCUT2D eigenvalue weighted by Crippen LogP contribution is 2.29. The SMILES string of the molecule is Oc1ccc(-c2ccoc2)cc1Cl. The molecule has 0 saturated carbocycles. The van der Waals surface area contributed by atoms with Gasteiger partial charge in [-0.2, -0.15) is 0 Å². The standard InChI is InChI=1S/C10H7ClO2/c11-9-5-7(1-2-10(9)12)8-3-4-13-6-8/h1-6,12H. The Kier molecular flexibility index (Phi) is 1.99. The molecule has 0 radical (unpaired) electrons. The fourth-order valence-corrected chi connectivity index (χ4v) is 1.30. The van der Waals surface area contributed by atoms with Gasteiger partial charge in [-0.05, 0) is 23.8 Å². The van der Waals surface area contributed by atoms with Gasteiger partial charge in [0.25, 0.3) is 0 Å². The first-order valence-electron chi connectivity index (χ1n) is 3.78. The minimum atomic E-state index is 0.0916. The van der Waals surface area contributed by atoms with Crippen LogP contribution in [-0.4, -0.2) is 5.11 Å². The number of rotatable bonds is 1. The van der Waals surface area contributed by atoms with Gasteiger partial charge in [0.05, 0.1) is 17.5 Å². The van der Waals surface area contributed by atoms with Crippen molar-refractivity contribution >= 4 is 11.6 Å². The Balaban J connectivity index is 2.49. The van der Waals surface area contributed by atoms with Crippen LogP contribution in [0.4, 0.5) is 0 Å². The van der Waals surface area contributed by atoms with Gasteiger partial charge in [0.1, 0.15) is 5.75 Å². The van der Waals surface area contributed by atoms with Gasteiger partial charge in [-0.25, -0.2) is 0 Å². The van der Waals surface area contributed by atoms with Crippen LogP contribution in [0.5, 0.6) is 5.75 Å². The molecule has 0 bridgehead atoms. The molecule has 0 atom stereocenters. The maximum absolute atomic E-state index is 9.19. The van der Waals surface area contributed by atoms with Crippen LogP contribution < -0.4 is 0 Å². The summed E-state index contributed by atoms with van der Waals surface area (Å²) in [7, 11) is 0. The highest BCUT2D eigenvalue weighted by atomic mass is 35.5. The molecule has 13 heavy (non-hydrogen) atoms. The van der Waals surface area contributed by atoms with Gasteiger partial charge in [0, 0.05) is 5.56 Å². The van der Waals surface area contributed by atoms with Crippen LogP contribution in [0.1, 0.15) is 0 Å². The van der Waals surface area contributed by atoms with Gasteiger partial charge < -0.3 is 9.52 Å². The Morgan fingerprint density at radius 1 is 1.15 bits per heavy atom. The van der Waals surface area contributed by atoms with Crippen molar-refractivity contribution in [2.24, 2.45) is 0 Å². The molecule has 0 unspecified atom stereocenters. The third kappa shape index (κ3) is 1.53. The van der Waals surface area contributed by atoms with Gasteiger partial charge in [0.2, 0.25) is 0 Å². The van der Waals surface area contributed by atoms with Crippen LogP contribution in [0, 0.1) is 0 Å². The van der Waals surface area contributed by atoms with Gasteiger partial charge in [0.15, 0.2) is 0 Å². The average molecular weight is 195 g/mol. The minimum Gasteiger partial charge on any atom is -0.506 e. The van der Waals surface area contributed by atoms with E-state index in [2.05, 4.69) is 0 Å². The van der Waals surface area contributed by atoms with Gasteiger partial charge in [-0.15, -0.1) is 0 Å². The van der Waals surface area contributed by atoms with Gasteiger partial charge >= 0.3 is 0 Å². The molecule has 0 amide bonds. The van der Waals surface area contributed by atoms with E-state index in [1.807, 2.05) is 6.07 Å². The van der Waals surface area contributed by atoms with Crippen molar-refractivity contribution in [2.45, 2.75) is 0 Å². The summed E-state index contributed by atoms with van der Waals surface area (Å²) >= 11 is 5.75. The zero-order chi connectivity index (χ0) is 9.26. The van der Waals surface area contributed by atoms with Crippen LogP contribution >= 0.6 is 11.6 Å². The molecule has 3 heteroatoms. The molecule has 2 nitrogen and oxygen atoms in total. The Labute approximate surface area is 80.4 Å². The zero-order valence-electron chi connectivity index (χ0n) is 6.70. The van der Waals surface area contributed by atoms with Crippen LogP contribution in [-0.2, 0) is 0 Å². The van der Waals surface area contributed by atoms with E-state index < -0.39 is 0 Å².